The molecule has 232 valence electrons. The van der Waals surface area contributed by atoms with Crippen molar-refractivity contribution in [2.75, 3.05) is 6.61 Å². The van der Waals surface area contributed by atoms with Gasteiger partial charge in [-0.05, 0) is 70.6 Å². The van der Waals surface area contributed by atoms with Gasteiger partial charge >= 0.3 is 0 Å². The van der Waals surface area contributed by atoms with Crippen molar-refractivity contribution in [3.05, 3.63) is 85.1 Å². The van der Waals surface area contributed by atoms with Crippen molar-refractivity contribution in [3.8, 4) is 0 Å². The van der Waals surface area contributed by atoms with Gasteiger partial charge in [-0.1, -0.05) is 131 Å². The molecule has 2 unspecified atom stereocenters. The van der Waals surface area contributed by atoms with Gasteiger partial charge in [0, 0.05) is 6.42 Å². The third-order valence-electron chi connectivity index (χ3n) is 6.63. The first-order valence-corrected chi connectivity index (χ1v) is 16.3. The van der Waals surface area contributed by atoms with E-state index in [-0.39, 0.29) is 12.5 Å². The molecule has 0 rings (SSSR count). The minimum atomic E-state index is -0.858. The number of nitrogens with one attached hydrogen (secondary N) is 1. The molecular weight excluding hydrogens is 506 g/mol. The van der Waals surface area contributed by atoms with Gasteiger partial charge in [0.2, 0.25) is 5.91 Å². The zero-order valence-corrected chi connectivity index (χ0v) is 26.3. The quantitative estimate of drug-likeness (QED) is 0.0684. The first-order chi connectivity index (χ1) is 20.2. The lowest BCUT2D eigenvalue weighted by molar-refractivity contribution is -0.123. The molecule has 0 fully saturated rings. The maximum Gasteiger partial charge on any atom is 0.220 e. The highest BCUT2D eigenvalue weighted by atomic mass is 16.3. The fourth-order valence-corrected chi connectivity index (χ4v) is 4.12. The van der Waals surface area contributed by atoms with Crippen molar-refractivity contribution in [2.24, 2.45) is 0 Å². The van der Waals surface area contributed by atoms with Crippen LogP contribution in [0, 0.1) is 0 Å². The number of hydrogen-bond donors (Lipinski definition) is 3. The molecule has 0 aliphatic heterocycles. The van der Waals surface area contributed by atoms with Crippen molar-refractivity contribution in [2.45, 2.75) is 135 Å². The van der Waals surface area contributed by atoms with Crippen molar-refractivity contribution in [1.82, 2.24) is 5.32 Å². The molecule has 0 saturated carbocycles. The molecule has 0 bridgehead atoms. The molecular formula is C37H61NO3. The summed E-state index contributed by atoms with van der Waals surface area (Å²) in [7, 11) is 0. The van der Waals surface area contributed by atoms with Gasteiger partial charge in [-0.2, -0.15) is 0 Å². The van der Waals surface area contributed by atoms with Gasteiger partial charge in [0.25, 0.3) is 0 Å². The van der Waals surface area contributed by atoms with Crippen LogP contribution < -0.4 is 5.32 Å². The Morgan fingerprint density at radius 2 is 1.07 bits per heavy atom. The number of hydrogen-bond acceptors (Lipinski definition) is 3. The lowest BCUT2D eigenvalue weighted by atomic mass is 10.1. The van der Waals surface area contributed by atoms with E-state index in [0.29, 0.717) is 6.42 Å². The predicted molar refractivity (Wildman–Crippen MR) is 179 cm³/mol. The number of rotatable bonds is 27. The second kappa shape index (κ2) is 32.1. The van der Waals surface area contributed by atoms with Crippen LogP contribution in [0.2, 0.25) is 0 Å². The Kier molecular flexibility index (Phi) is 30.2. The molecule has 0 radical (unpaired) electrons. The lowest BCUT2D eigenvalue weighted by Gasteiger charge is -2.19. The Hall–Kier alpha value is -2.43. The Morgan fingerprint density at radius 3 is 1.61 bits per heavy atom. The van der Waals surface area contributed by atoms with Gasteiger partial charge in [-0.15, -0.1) is 0 Å². The van der Waals surface area contributed by atoms with Crippen LogP contribution in [0.25, 0.3) is 0 Å². The fourth-order valence-electron chi connectivity index (χ4n) is 4.12. The summed E-state index contributed by atoms with van der Waals surface area (Å²) < 4.78 is 0. The maximum absolute atomic E-state index is 12.2. The van der Waals surface area contributed by atoms with E-state index in [1.54, 1.807) is 6.08 Å². The zero-order chi connectivity index (χ0) is 30.1. The largest absolute Gasteiger partial charge is 0.394 e. The SMILES string of the molecule is CC/C=C\C/C=C\C/C=C\C/C=C\C/C=C\C/C=C\CCCCC(=O)NC(CO)C(O)/C=C/CCCCCCCC. The lowest BCUT2D eigenvalue weighted by Crippen LogP contribution is -2.45. The average molecular weight is 568 g/mol. The van der Waals surface area contributed by atoms with E-state index >= 15 is 0 Å². The Morgan fingerprint density at radius 1 is 0.610 bits per heavy atom. The predicted octanol–water partition coefficient (Wildman–Crippen LogP) is 9.39. The van der Waals surface area contributed by atoms with E-state index in [4.69, 9.17) is 0 Å². The summed E-state index contributed by atoms with van der Waals surface area (Å²) in [6.07, 6.45) is 46.6. The van der Waals surface area contributed by atoms with Crippen LogP contribution >= 0.6 is 0 Å². The molecule has 4 heteroatoms. The van der Waals surface area contributed by atoms with Gasteiger partial charge in [0.05, 0.1) is 18.8 Å². The fraction of sp³-hybridized carbons (Fsp3) is 0.595. The van der Waals surface area contributed by atoms with Crippen LogP contribution in [0.15, 0.2) is 85.1 Å². The normalized spacial score (nSPS) is 14.3. The molecule has 0 aromatic heterocycles. The number of carbonyl (C=O) groups excluding carboxylic acids is 1. The maximum atomic E-state index is 12.2. The van der Waals surface area contributed by atoms with Gasteiger partial charge in [-0.25, -0.2) is 0 Å². The topological polar surface area (TPSA) is 69.6 Å². The first-order valence-electron chi connectivity index (χ1n) is 16.3. The van der Waals surface area contributed by atoms with Gasteiger partial charge in [0.15, 0.2) is 0 Å². The number of amides is 1. The van der Waals surface area contributed by atoms with Crippen LogP contribution in [0.4, 0.5) is 0 Å². The summed E-state index contributed by atoms with van der Waals surface area (Å²) in [5, 5.41) is 22.6. The molecule has 0 heterocycles. The number of aliphatic hydroxyl groups excluding tert-OH is 2. The van der Waals surface area contributed by atoms with Crippen LogP contribution in [-0.4, -0.2) is 34.9 Å². The van der Waals surface area contributed by atoms with Crippen LogP contribution in [0.5, 0.6) is 0 Å². The number of aliphatic hydroxyl groups is 2. The molecule has 0 aliphatic carbocycles. The third kappa shape index (κ3) is 28.9. The minimum absolute atomic E-state index is 0.116. The van der Waals surface area contributed by atoms with E-state index in [0.717, 1.165) is 70.6 Å². The molecule has 4 nitrogen and oxygen atoms in total. The van der Waals surface area contributed by atoms with Gasteiger partial charge in [-0.3, -0.25) is 4.79 Å². The van der Waals surface area contributed by atoms with E-state index in [2.05, 4.69) is 92.1 Å². The van der Waals surface area contributed by atoms with Crippen molar-refractivity contribution in [3.63, 3.8) is 0 Å². The summed E-state index contributed by atoms with van der Waals surface area (Å²) in [5.41, 5.74) is 0. The molecule has 41 heavy (non-hydrogen) atoms. The highest BCUT2D eigenvalue weighted by Gasteiger charge is 2.17. The number of allylic oxidation sites excluding steroid dienone is 13. The highest BCUT2D eigenvalue weighted by molar-refractivity contribution is 5.76. The molecule has 1 amide bonds. The van der Waals surface area contributed by atoms with Crippen molar-refractivity contribution >= 4 is 5.91 Å². The van der Waals surface area contributed by atoms with E-state index in [1.807, 2.05) is 6.08 Å². The summed E-state index contributed by atoms with van der Waals surface area (Å²) in [5.74, 6) is -0.116. The third-order valence-corrected chi connectivity index (χ3v) is 6.63. The Labute approximate surface area is 252 Å². The van der Waals surface area contributed by atoms with Gasteiger partial charge < -0.3 is 15.5 Å². The minimum Gasteiger partial charge on any atom is -0.394 e. The monoisotopic (exact) mass is 567 g/mol. The summed E-state index contributed by atoms with van der Waals surface area (Å²) in [6, 6.07) is -0.647. The summed E-state index contributed by atoms with van der Waals surface area (Å²) in [4.78, 5) is 12.2. The van der Waals surface area contributed by atoms with Gasteiger partial charge in [0.1, 0.15) is 0 Å². The Balaban J connectivity index is 3.81. The average Bonchev–Trinajstić information content (AvgIpc) is 2.97. The van der Waals surface area contributed by atoms with Crippen LogP contribution in [0.1, 0.15) is 123 Å². The molecule has 0 saturated heterocycles. The molecule has 0 aliphatic rings. The second-order valence-electron chi connectivity index (χ2n) is 10.5. The molecule has 3 N–H and O–H groups in total. The zero-order valence-electron chi connectivity index (χ0n) is 26.3. The summed E-state index contributed by atoms with van der Waals surface area (Å²) >= 11 is 0. The molecule has 0 aromatic carbocycles. The van der Waals surface area contributed by atoms with Crippen molar-refractivity contribution in [1.29, 1.82) is 0 Å². The molecule has 0 spiro atoms. The number of unbranched alkanes of at least 4 members (excludes halogenated alkanes) is 8. The smallest absolute Gasteiger partial charge is 0.220 e. The van der Waals surface area contributed by atoms with E-state index in [9.17, 15) is 15.0 Å². The second-order valence-corrected chi connectivity index (χ2v) is 10.5. The summed E-state index contributed by atoms with van der Waals surface area (Å²) in [6.45, 7) is 4.10. The number of carbonyl (C=O) groups is 1. The van der Waals surface area contributed by atoms with E-state index in [1.165, 1.54) is 32.1 Å². The first kappa shape index (κ1) is 38.6. The van der Waals surface area contributed by atoms with Crippen LogP contribution in [-0.2, 0) is 4.79 Å². The molecule has 0 aromatic rings. The van der Waals surface area contributed by atoms with Crippen molar-refractivity contribution < 1.29 is 15.0 Å². The van der Waals surface area contributed by atoms with E-state index < -0.39 is 12.1 Å². The Bertz CT molecular complexity index is 788. The van der Waals surface area contributed by atoms with Crippen LogP contribution in [0.3, 0.4) is 0 Å². The molecule has 2 atom stereocenters. The standard InChI is InChI=1S/C37H61NO3/c1-3-5-7-9-11-13-14-15-16-17-18-19-20-21-22-23-24-25-27-29-31-33-37(41)38-35(34-39)36(40)32-30-28-26-12-10-8-6-4-2/h5,7,11,13,15-16,18-19,21-22,24-25,30,32,35-36,39-40H,3-4,6,8-10,12,14,17,20,23,26-29,31,33-34H2,1-2H3,(H,38,41)/b7-5-,13-11-,16-15-,19-18-,22-21-,25-24-,32-30+. The highest BCUT2D eigenvalue weighted by Crippen LogP contribution is 2.08.